The maximum atomic E-state index is 12.5. The third kappa shape index (κ3) is 4.18. The van der Waals surface area contributed by atoms with E-state index in [9.17, 15) is 14.4 Å². The van der Waals surface area contributed by atoms with Crippen LogP contribution >= 0.6 is 0 Å². The summed E-state index contributed by atoms with van der Waals surface area (Å²) in [6, 6.07) is 6.04. The Hall–Kier alpha value is -2.37. The molecule has 0 saturated carbocycles. The molecular weight excluding hydrogens is 320 g/mol. The number of likely N-dealkylation sites (tertiary alicyclic amines) is 2. The highest BCUT2D eigenvalue weighted by Gasteiger charge is 2.27. The van der Waals surface area contributed by atoms with E-state index in [0.29, 0.717) is 31.0 Å². The minimum Gasteiger partial charge on any atom is -0.478 e. The average Bonchev–Trinajstić information content (AvgIpc) is 3.17. The van der Waals surface area contributed by atoms with E-state index in [1.165, 1.54) is 12.1 Å². The lowest BCUT2D eigenvalue weighted by Gasteiger charge is -2.32. The van der Waals surface area contributed by atoms with Crippen LogP contribution in [0.4, 0.5) is 0 Å². The first-order valence-electron chi connectivity index (χ1n) is 8.95. The minimum absolute atomic E-state index is 0.0683. The number of nitrogens with zero attached hydrogens (tertiary/aromatic N) is 2. The van der Waals surface area contributed by atoms with E-state index in [-0.39, 0.29) is 17.4 Å². The van der Waals surface area contributed by atoms with Gasteiger partial charge in [0.05, 0.1) is 5.56 Å². The van der Waals surface area contributed by atoms with Gasteiger partial charge in [-0.2, -0.15) is 0 Å². The zero-order valence-corrected chi connectivity index (χ0v) is 14.3. The Morgan fingerprint density at radius 2 is 1.44 bits per heavy atom. The number of piperidine rings is 1. The molecule has 6 nitrogen and oxygen atoms in total. The zero-order valence-electron chi connectivity index (χ0n) is 14.3. The molecule has 0 atom stereocenters. The van der Waals surface area contributed by atoms with Crippen molar-refractivity contribution >= 4 is 17.8 Å². The van der Waals surface area contributed by atoms with Crippen molar-refractivity contribution in [3.05, 3.63) is 35.4 Å². The van der Waals surface area contributed by atoms with Gasteiger partial charge in [0, 0.05) is 38.2 Å². The summed E-state index contributed by atoms with van der Waals surface area (Å²) in [5.74, 6) is -0.457. The van der Waals surface area contributed by atoms with Crippen molar-refractivity contribution in [2.45, 2.75) is 32.1 Å². The largest absolute Gasteiger partial charge is 0.478 e. The monoisotopic (exact) mass is 344 g/mol. The first kappa shape index (κ1) is 17.5. The number of carbonyl (C=O) groups is 3. The minimum atomic E-state index is -0.998. The molecule has 1 N–H and O–H groups in total. The van der Waals surface area contributed by atoms with Crippen LogP contribution in [-0.2, 0) is 4.79 Å². The molecule has 0 bridgehead atoms. The molecule has 2 aliphatic heterocycles. The molecule has 0 aliphatic carbocycles. The Morgan fingerprint density at radius 3 is 2.00 bits per heavy atom. The van der Waals surface area contributed by atoms with Crippen molar-refractivity contribution in [3.8, 4) is 0 Å². The molecule has 1 aromatic rings. The number of carboxylic acids is 1. The first-order valence-corrected chi connectivity index (χ1v) is 8.95. The molecule has 134 valence electrons. The third-order valence-electron chi connectivity index (χ3n) is 5.20. The lowest BCUT2D eigenvalue weighted by molar-refractivity contribution is -0.131. The number of hydrogen-bond donors (Lipinski definition) is 1. The van der Waals surface area contributed by atoms with Crippen LogP contribution in [0.15, 0.2) is 24.3 Å². The second-order valence-corrected chi connectivity index (χ2v) is 6.91. The molecule has 25 heavy (non-hydrogen) atoms. The number of carboxylic acid groups (broad SMARTS) is 1. The van der Waals surface area contributed by atoms with Crippen LogP contribution in [0.5, 0.6) is 0 Å². The number of aromatic carboxylic acids is 1. The van der Waals surface area contributed by atoms with Gasteiger partial charge in [0.2, 0.25) is 5.91 Å². The van der Waals surface area contributed by atoms with Crippen LogP contribution in [-0.4, -0.2) is 58.9 Å². The lowest BCUT2D eigenvalue weighted by atomic mass is 9.92. The van der Waals surface area contributed by atoms with Gasteiger partial charge in [-0.1, -0.05) is 0 Å². The molecular formula is C19H24N2O4. The van der Waals surface area contributed by atoms with E-state index in [2.05, 4.69) is 0 Å². The van der Waals surface area contributed by atoms with Gasteiger partial charge < -0.3 is 14.9 Å². The van der Waals surface area contributed by atoms with Crippen LogP contribution < -0.4 is 0 Å². The van der Waals surface area contributed by atoms with Crippen LogP contribution in [0, 0.1) is 5.92 Å². The second kappa shape index (κ2) is 7.68. The fourth-order valence-corrected chi connectivity index (χ4v) is 3.62. The Labute approximate surface area is 147 Å². The van der Waals surface area contributed by atoms with Crippen molar-refractivity contribution in [1.82, 2.24) is 9.80 Å². The number of rotatable bonds is 4. The zero-order chi connectivity index (χ0) is 17.8. The highest BCUT2D eigenvalue weighted by molar-refractivity contribution is 5.96. The predicted octanol–water partition coefficient (Wildman–Crippen LogP) is 2.25. The van der Waals surface area contributed by atoms with Crippen molar-refractivity contribution in [1.29, 1.82) is 0 Å². The Balaban J connectivity index is 1.50. The van der Waals surface area contributed by atoms with E-state index in [1.54, 1.807) is 17.0 Å². The molecule has 2 heterocycles. The normalized spacial score (nSPS) is 18.4. The molecule has 0 aromatic heterocycles. The average molecular weight is 344 g/mol. The Bertz CT molecular complexity index is 642. The van der Waals surface area contributed by atoms with Gasteiger partial charge >= 0.3 is 5.97 Å². The quantitative estimate of drug-likeness (QED) is 0.909. The molecule has 2 amide bonds. The van der Waals surface area contributed by atoms with E-state index in [1.807, 2.05) is 4.90 Å². The standard InChI is InChI=1S/C19H24N2O4/c22-17(20-9-1-2-10-20)13-14-7-11-21(12-8-14)18(23)15-3-5-16(6-4-15)19(24)25/h3-6,14H,1-2,7-13H2,(H,24,25). The maximum absolute atomic E-state index is 12.5. The highest BCUT2D eigenvalue weighted by atomic mass is 16.4. The SMILES string of the molecule is O=C(O)c1ccc(C(=O)N2CCC(CC(=O)N3CCCC3)CC2)cc1. The fraction of sp³-hybridized carbons (Fsp3) is 0.526. The Morgan fingerprint density at radius 1 is 0.880 bits per heavy atom. The van der Waals surface area contributed by atoms with E-state index in [0.717, 1.165) is 38.8 Å². The van der Waals surface area contributed by atoms with E-state index < -0.39 is 5.97 Å². The van der Waals surface area contributed by atoms with Gasteiger partial charge in [-0.05, 0) is 55.9 Å². The number of hydrogen-bond acceptors (Lipinski definition) is 3. The fourth-order valence-electron chi connectivity index (χ4n) is 3.62. The molecule has 2 saturated heterocycles. The first-order chi connectivity index (χ1) is 12.0. The molecule has 0 spiro atoms. The van der Waals surface area contributed by atoms with Crippen molar-refractivity contribution in [2.24, 2.45) is 5.92 Å². The number of benzene rings is 1. The molecule has 2 fully saturated rings. The van der Waals surface area contributed by atoms with Gasteiger partial charge in [0.25, 0.3) is 5.91 Å². The van der Waals surface area contributed by atoms with Gasteiger partial charge in [-0.25, -0.2) is 4.79 Å². The highest BCUT2D eigenvalue weighted by Crippen LogP contribution is 2.24. The van der Waals surface area contributed by atoms with Gasteiger partial charge in [-0.3, -0.25) is 9.59 Å². The lowest BCUT2D eigenvalue weighted by Crippen LogP contribution is -2.40. The predicted molar refractivity (Wildman–Crippen MR) is 92.5 cm³/mol. The number of carbonyl (C=O) groups excluding carboxylic acids is 2. The van der Waals surface area contributed by atoms with Crippen LogP contribution in [0.2, 0.25) is 0 Å². The molecule has 0 unspecified atom stereocenters. The summed E-state index contributed by atoms with van der Waals surface area (Å²) in [4.78, 5) is 39.4. The van der Waals surface area contributed by atoms with Crippen LogP contribution in [0.1, 0.15) is 52.8 Å². The van der Waals surface area contributed by atoms with E-state index in [4.69, 9.17) is 5.11 Å². The molecule has 0 radical (unpaired) electrons. The van der Waals surface area contributed by atoms with Gasteiger partial charge in [0.15, 0.2) is 0 Å². The molecule has 3 rings (SSSR count). The van der Waals surface area contributed by atoms with Crippen LogP contribution in [0.3, 0.4) is 0 Å². The summed E-state index contributed by atoms with van der Waals surface area (Å²) in [5, 5.41) is 8.92. The second-order valence-electron chi connectivity index (χ2n) is 6.91. The summed E-state index contributed by atoms with van der Waals surface area (Å²) < 4.78 is 0. The Kier molecular flexibility index (Phi) is 5.36. The van der Waals surface area contributed by atoms with E-state index >= 15 is 0 Å². The molecule has 2 aliphatic rings. The van der Waals surface area contributed by atoms with Gasteiger partial charge in [-0.15, -0.1) is 0 Å². The molecule has 6 heteroatoms. The summed E-state index contributed by atoms with van der Waals surface area (Å²) in [6.45, 7) is 3.08. The van der Waals surface area contributed by atoms with Crippen LogP contribution in [0.25, 0.3) is 0 Å². The van der Waals surface area contributed by atoms with Crippen molar-refractivity contribution < 1.29 is 19.5 Å². The van der Waals surface area contributed by atoms with Crippen molar-refractivity contribution in [2.75, 3.05) is 26.2 Å². The maximum Gasteiger partial charge on any atom is 0.335 e. The number of amides is 2. The summed E-state index contributed by atoms with van der Waals surface area (Å²) in [5.41, 5.74) is 0.687. The van der Waals surface area contributed by atoms with Crippen molar-refractivity contribution in [3.63, 3.8) is 0 Å². The summed E-state index contributed by atoms with van der Waals surface area (Å²) in [6.07, 6.45) is 4.51. The molecule has 1 aromatic carbocycles. The smallest absolute Gasteiger partial charge is 0.335 e. The third-order valence-corrected chi connectivity index (χ3v) is 5.20. The summed E-state index contributed by atoms with van der Waals surface area (Å²) >= 11 is 0. The van der Waals surface area contributed by atoms with Gasteiger partial charge in [0.1, 0.15) is 0 Å². The topological polar surface area (TPSA) is 77.9 Å². The summed E-state index contributed by atoms with van der Waals surface area (Å²) in [7, 11) is 0.